The van der Waals surface area contributed by atoms with Crippen LogP contribution in [0.25, 0.3) is 0 Å². The van der Waals surface area contributed by atoms with Crippen molar-refractivity contribution in [1.29, 1.82) is 0 Å². The van der Waals surface area contributed by atoms with E-state index in [2.05, 4.69) is 17.5 Å². The number of unbranched alkanes of at least 4 members (excludes halogenated alkanes) is 6. The summed E-state index contributed by atoms with van der Waals surface area (Å²) in [7, 11) is 0. The molecular weight excluding hydrogens is 440 g/mol. The van der Waals surface area contributed by atoms with Gasteiger partial charge in [-0.1, -0.05) is 57.0 Å². The van der Waals surface area contributed by atoms with Crippen LogP contribution in [-0.2, 0) is 4.79 Å². The molecule has 0 aliphatic carbocycles. The summed E-state index contributed by atoms with van der Waals surface area (Å²) >= 11 is 5.86. The highest BCUT2D eigenvalue weighted by Crippen LogP contribution is 2.29. The SMILES string of the molecule is CCCCCCCCCC(=O)N/N=C/c1ccc(OC(=O)c2ccc(Cl)cc2)c(OCC)c1. The molecule has 1 amide bonds. The third-order valence-corrected chi connectivity index (χ3v) is 5.21. The molecule has 2 aromatic carbocycles. The van der Waals surface area contributed by atoms with Gasteiger partial charge < -0.3 is 9.47 Å². The van der Waals surface area contributed by atoms with Crippen molar-refractivity contribution >= 4 is 29.7 Å². The highest BCUT2D eigenvalue weighted by Gasteiger charge is 2.13. The number of carbonyl (C=O) groups excluding carboxylic acids is 2. The average molecular weight is 473 g/mol. The van der Waals surface area contributed by atoms with Gasteiger partial charge >= 0.3 is 5.97 Å². The van der Waals surface area contributed by atoms with Crippen LogP contribution in [0.3, 0.4) is 0 Å². The second-order valence-electron chi connectivity index (χ2n) is 7.70. The predicted molar refractivity (Wildman–Crippen MR) is 132 cm³/mol. The number of rotatable bonds is 14. The molecule has 0 bridgehead atoms. The van der Waals surface area contributed by atoms with Gasteiger partial charge in [0.15, 0.2) is 11.5 Å². The number of carbonyl (C=O) groups is 2. The van der Waals surface area contributed by atoms with E-state index in [1.807, 2.05) is 6.92 Å². The molecule has 7 heteroatoms. The smallest absolute Gasteiger partial charge is 0.343 e. The number of amides is 1. The number of nitrogens with one attached hydrogen (secondary N) is 1. The van der Waals surface area contributed by atoms with Gasteiger partial charge in [-0.05, 0) is 61.4 Å². The molecule has 0 saturated heterocycles. The molecule has 33 heavy (non-hydrogen) atoms. The average Bonchev–Trinajstić information content (AvgIpc) is 2.80. The van der Waals surface area contributed by atoms with Crippen LogP contribution in [0.15, 0.2) is 47.6 Å². The number of hydrogen-bond donors (Lipinski definition) is 1. The summed E-state index contributed by atoms with van der Waals surface area (Å²) < 4.78 is 11.1. The van der Waals surface area contributed by atoms with Crippen LogP contribution in [0, 0.1) is 0 Å². The highest BCUT2D eigenvalue weighted by atomic mass is 35.5. The molecule has 0 radical (unpaired) electrons. The second kappa shape index (κ2) is 15.1. The molecule has 2 rings (SSSR count). The Hall–Kier alpha value is -2.86. The van der Waals surface area contributed by atoms with Gasteiger partial charge in [0, 0.05) is 11.4 Å². The summed E-state index contributed by atoms with van der Waals surface area (Å²) in [6.07, 6.45) is 10.1. The van der Waals surface area contributed by atoms with Crippen LogP contribution in [0.2, 0.25) is 5.02 Å². The van der Waals surface area contributed by atoms with E-state index in [0.29, 0.717) is 40.7 Å². The van der Waals surface area contributed by atoms with Crippen molar-refractivity contribution in [3.8, 4) is 11.5 Å². The lowest BCUT2D eigenvalue weighted by Crippen LogP contribution is -2.16. The lowest BCUT2D eigenvalue weighted by molar-refractivity contribution is -0.121. The minimum Gasteiger partial charge on any atom is -0.490 e. The van der Waals surface area contributed by atoms with Crippen molar-refractivity contribution in [2.24, 2.45) is 5.10 Å². The van der Waals surface area contributed by atoms with Gasteiger partial charge in [-0.15, -0.1) is 0 Å². The monoisotopic (exact) mass is 472 g/mol. The Morgan fingerprint density at radius 3 is 2.33 bits per heavy atom. The van der Waals surface area contributed by atoms with Crippen molar-refractivity contribution < 1.29 is 19.1 Å². The summed E-state index contributed by atoms with van der Waals surface area (Å²) in [4.78, 5) is 24.3. The standard InChI is InChI=1S/C26H33ClN2O4/c1-3-5-6-7-8-9-10-11-25(30)29-28-19-20-12-17-23(24(18-20)32-4-2)33-26(31)21-13-15-22(27)16-14-21/h12-19H,3-11H2,1-2H3,(H,29,30)/b28-19+. The van der Waals surface area contributed by atoms with E-state index in [4.69, 9.17) is 21.1 Å². The van der Waals surface area contributed by atoms with Gasteiger partial charge in [0.25, 0.3) is 0 Å². The fraction of sp³-hybridized carbons (Fsp3) is 0.423. The molecule has 0 spiro atoms. The third-order valence-electron chi connectivity index (χ3n) is 4.96. The fourth-order valence-electron chi connectivity index (χ4n) is 3.18. The van der Waals surface area contributed by atoms with E-state index >= 15 is 0 Å². The maximum absolute atomic E-state index is 12.4. The molecule has 0 saturated carbocycles. The third kappa shape index (κ3) is 10.1. The van der Waals surface area contributed by atoms with Gasteiger partial charge in [0.1, 0.15) is 0 Å². The first-order chi connectivity index (χ1) is 16.0. The zero-order valence-electron chi connectivity index (χ0n) is 19.4. The van der Waals surface area contributed by atoms with E-state index in [1.165, 1.54) is 38.3 Å². The summed E-state index contributed by atoms with van der Waals surface area (Å²) in [5.41, 5.74) is 3.65. The Kier molecular flexibility index (Phi) is 12.0. The van der Waals surface area contributed by atoms with E-state index < -0.39 is 5.97 Å². The van der Waals surface area contributed by atoms with Crippen molar-refractivity contribution in [2.45, 2.75) is 65.2 Å². The van der Waals surface area contributed by atoms with Crippen LogP contribution in [0.4, 0.5) is 0 Å². The number of benzene rings is 2. The van der Waals surface area contributed by atoms with E-state index in [-0.39, 0.29) is 5.91 Å². The number of hydrazone groups is 1. The Bertz CT molecular complexity index is 913. The molecule has 1 N–H and O–H groups in total. The van der Waals surface area contributed by atoms with Crippen LogP contribution < -0.4 is 14.9 Å². The van der Waals surface area contributed by atoms with Gasteiger partial charge in [-0.3, -0.25) is 4.79 Å². The molecular formula is C26H33ClN2O4. The molecule has 178 valence electrons. The van der Waals surface area contributed by atoms with Crippen LogP contribution in [-0.4, -0.2) is 24.7 Å². The molecule has 2 aromatic rings. The summed E-state index contributed by atoms with van der Waals surface area (Å²) in [6.45, 7) is 4.45. The summed E-state index contributed by atoms with van der Waals surface area (Å²) in [5, 5.41) is 4.57. The van der Waals surface area contributed by atoms with Gasteiger partial charge in [-0.25, -0.2) is 10.2 Å². The predicted octanol–water partition coefficient (Wildman–Crippen LogP) is 6.55. The fourth-order valence-corrected chi connectivity index (χ4v) is 3.31. The molecule has 0 aliphatic rings. The number of hydrogen-bond acceptors (Lipinski definition) is 5. The Labute approximate surface area is 201 Å². The minimum absolute atomic E-state index is 0.0987. The molecule has 0 unspecified atom stereocenters. The normalized spacial score (nSPS) is 10.9. The molecule has 0 aromatic heterocycles. The van der Waals surface area contributed by atoms with E-state index in [0.717, 1.165) is 12.8 Å². The van der Waals surface area contributed by atoms with Crippen LogP contribution >= 0.6 is 11.6 Å². The van der Waals surface area contributed by atoms with Crippen molar-refractivity contribution in [3.63, 3.8) is 0 Å². The van der Waals surface area contributed by atoms with Crippen LogP contribution in [0.1, 0.15) is 81.1 Å². The lowest BCUT2D eigenvalue weighted by Gasteiger charge is -2.11. The summed E-state index contributed by atoms with van der Waals surface area (Å²) in [5.74, 6) is 0.111. The summed E-state index contributed by atoms with van der Waals surface area (Å²) in [6, 6.07) is 11.5. The topological polar surface area (TPSA) is 77.0 Å². The number of halogens is 1. The van der Waals surface area contributed by atoms with Crippen molar-refractivity contribution in [2.75, 3.05) is 6.61 Å². The van der Waals surface area contributed by atoms with Crippen LogP contribution in [0.5, 0.6) is 11.5 Å². The van der Waals surface area contributed by atoms with Crippen molar-refractivity contribution in [1.82, 2.24) is 5.43 Å². The first-order valence-electron chi connectivity index (χ1n) is 11.6. The second-order valence-corrected chi connectivity index (χ2v) is 8.14. The Balaban J connectivity index is 1.86. The van der Waals surface area contributed by atoms with Gasteiger partial charge in [-0.2, -0.15) is 5.10 Å². The Morgan fingerprint density at radius 1 is 0.939 bits per heavy atom. The molecule has 0 aliphatic heterocycles. The minimum atomic E-state index is -0.508. The Morgan fingerprint density at radius 2 is 1.64 bits per heavy atom. The molecule has 0 fully saturated rings. The maximum Gasteiger partial charge on any atom is 0.343 e. The van der Waals surface area contributed by atoms with E-state index in [9.17, 15) is 9.59 Å². The lowest BCUT2D eigenvalue weighted by atomic mass is 10.1. The first-order valence-corrected chi connectivity index (χ1v) is 12.0. The highest BCUT2D eigenvalue weighted by molar-refractivity contribution is 6.30. The van der Waals surface area contributed by atoms with Gasteiger partial charge in [0.2, 0.25) is 5.91 Å². The maximum atomic E-state index is 12.4. The number of nitrogens with zero attached hydrogens (tertiary/aromatic N) is 1. The zero-order chi connectivity index (χ0) is 23.9. The molecule has 0 heterocycles. The number of ether oxygens (including phenoxy) is 2. The van der Waals surface area contributed by atoms with E-state index in [1.54, 1.807) is 42.5 Å². The van der Waals surface area contributed by atoms with Crippen molar-refractivity contribution in [3.05, 3.63) is 58.6 Å². The first kappa shape index (κ1) is 26.4. The molecule has 0 atom stereocenters. The quantitative estimate of drug-likeness (QED) is 0.111. The zero-order valence-corrected chi connectivity index (χ0v) is 20.2. The van der Waals surface area contributed by atoms with Gasteiger partial charge in [0.05, 0.1) is 18.4 Å². The number of esters is 1. The molecule has 6 nitrogen and oxygen atoms in total. The largest absolute Gasteiger partial charge is 0.490 e.